The normalized spacial score (nSPS) is 21.2. The molecule has 1 fully saturated rings. The summed E-state index contributed by atoms with van der Waals surface area (Å²) in [6.45, 7) is 0.774. The van der Waals surface area contributed by atoms with Gasteiger partial charge in [0.1, 0.15) is 0 Å². The number of allylic oxidation sites excluding steroid dienone is 1. The van der Waals surface area contributed by atoms with Crippen molar-refractivity contribution < 1.29 is 4.74 Å². The minimum absolute atomic E-state index is 0.774. The van der Waals surface area contributed by atoms with E-state index in [9.17, 15) is 0 Å². The Morgan fingerprint density at radius 3 is 2.64 bits per heavy atom. The molecule has 1 aliphatic carbocycles. The number of methoxy groups -OCH3 is 1. The Kier molecular flexibility index (Phi) is 4.29. The Morgan fingerprint density at radius 1 is 1.27 bits per heavy atom. The van der Waals surface area contributed by atoms with Gasteiger partial charge >= 0.3 is 0 Å². The molecule has 0 N–H and O–H groups in total. The van der Waals surface area contributed by atoms with Crippen LogP contribution in [0.4, 0.5) is 0 Å². The van der Waals surface area contributed by atoms with Crippen LogP contribution in [-0.4, -0.2) is 13.7 Å². The van der Waals surface area contributed by atoms with Crippen LogP contribution in [0.25, 0.3) is 0 Å². The van der Waals surface area contributed by atoms with E-state index >= 15 is 0 Å². The highest BCUT2D eigenvalue weighted by Gasteiger charge is 2.08. The van der Waals surface area contributed by atoms with Gasteiger partial charge in [0.2, 0.25) is 0 Å². The predicted molar refractivity (Wildman–Crippen MR) is 47.6 cm³/mol. The zero-order chi connectivity index (χ0) is 7.94. The van der Waals surface area contributed by atoms with E-state index in [1.165, 1.54) is 32.1 Å². The summed E-state index contributed by atoms with van der Waals surface area (Å²) in [6, 6.07) is 0. The van der Waals surface area contributed by atoms with Gasteiger partial charge in [-0.25, -0.2) is 0 Å². The van der Waals surface area contributed by atoms with E-state index in [2.05, 4.69) is 12.2 Å². The maximum Gasteiger partial charge on any atom is 0.0643 e. The van der Waals surface area contributed by atoms with Crippen molar-refractivity contribution in [2.24, 2.45) is 5.92 Å². The summed E-state index contributed by atoms with van der Waals surface area (Å²) in [6.07, 6.45) is 11.5. The zero-order valence-corrected chi connectivity index (χ0v) is 7.38. The number of rotatable bonds is 3. The molecule has 1 rings (SSSR count). The lowest BCUT2D eigenvalue weighted by Gasteiger charge is -2.17. The zero-order valence-electron chi connectivity index (χ0n) is 7.38. The molecule has 11 heavy (non-hydrogen) atoms. The average molecular weight is 154 g/mol. The predicted octanol–water partition coefficient (Wildman–Crippen LogP) is 2.77. The fourth-order valence-electron chi connectivity index (χ4n) is 1.67. The van der Waals surface area contributed by atoms with Crippen LogP contribution in [0.15, 0.2) is 12.2 Å². The molecule has 0 aromatic heterocycles. The van der Waals surface area contributed by atoms with Crippen molar-refractivity contribution in [2.75, 3.05) is 13.7 Å². The molecule has 0 unspecified atom stereocenters. The highest BCUT2D eigenvalue weighted by atomic mass is 16.5. The quantitative estimate of drug-likeness (QED) is 0.568. The van der Waals surface area contributed by atoms with Crippen molar-refractivity contribution >= 4 is 0 Å². The van der Waals surface area contributed by atoms with E-state index in [0.29, 0.717) is 0 Å². The molecule has 1 saturated carbocycles. The number of hydrogen-bond acceptors (Lipinski definition) is 1. The first-order valence-corrected chi connectivity index (χ1v) is 4.59. The Labute approximate surface area is 69.4 Å². The first kappa shape index (κ1) is 8.79. The third-order valence-corrected chi connectivity index (χ3v) is 2.32. The maximum absolute atomic E-state index is 4.95. The van der Waals surface area contributed by atoms with Crippen LogP contribution in [0.2, 0.25) is 0 Å². The highest BCUT2D eigenvalue weighted by molar-refractivity contribution is 4.89. The van der Waals surface area contributed by atoms with Crippen LogP contribution < -0.4 is 0 Å². The molecule has 1 aliphatic rings. The summed E-state index contributed by atoms with van der Waals surface area (Å²) in [4.78, 5) is 0. The summed E-state index contributed by atoms with van der Waals surface area (Å²) >= 11 is 0. The fourth-order valence-corrected chi connectivity index (χ4v) is 1.67. The lowest BCUT2D eigenvalue weighted by Crippen LogP contribution is -2.02. The van der Waals surface area contributed by atoms with Gasteiger partial charge in [-0.1, -0.05) is 31.4 Å². The molecule has 0 amide bonds. The second-order valence-electron chi connectivity index (χ2n) is 3.28. The van der Waals surface area contributed by atoms with Gasteiger partial charge in [0.15, 0.2) is 0 Å². The SMILES string of the molecule is COCC=CC1CCCCC1. The minimum atomic E-state index is 0.774. The van der Waals surface area contributed by atoms with Gasteiger partial charge in [0, 0.05) is 7.11 Å². The van der Waals surface area contributed by atoms with Crippen molar-refractivity contribution in [3.63, 3.8) is 0 Å². The van der Waals surface area contributed by atoms with Gasteiger partial charge in [0.25, 0.3) is 0 Å². The van der Waals surface area contributed by atoms with Crippen molar-refractivity contribution in [1.29, 1.82) is 0 Å². The monoisotopic (exact) mass is 154 g/mol. The number of ether oxygens (including phenoxy) is 1. The lowest BCUT2D eigenvalue weighted by atomic mass is 9.89. The van der Waals surface area contributed by atoms with Gasteiger partial charge in [-0.05, 0) is 18.8 Å². The van der Waals surface area contributed by atoms with E-state index in [-0.39, 0.29) is 0 Å². The molecule has 1 nitrogen and oxygen atoms in total. The van der Waals surface area contributed by atoms with E-state index < -0.39 is 0 Å². The molecule has 0 aliphatic heterocycles. The number of hydrogen-bond donors (Lipinski definition) is 0. The molecule has 0 spiro atoms. The average Bonchev–Trinajstić information content (AvgIpc) is 2.07. The van der Waals surface area contributed by atoms with Gasteiger partial charge < -0.3 is 4.74 Å². The molecule has 0 saturated heterocycles. The third kappa shape index (κ3) is 3.57. The molecule has 0 aromatic rings. The first-order valence-electron chi connectivity index (χ1n) is 4.59. The summed E-state index contributed by atoms with van der Waals surface area (Å²) in [5.41, 5.74) is 0. The Hall–Kier alpha value is -0.300. The smallest absolute Gasteiger partial charge is 0.0643 e. The van der Waals surface area contributed by atoms with Gasteiger partial charge in [0.05, 0.1) is 6.61 Å². The topological polar surface area (TPSA) is 9.23 Å². The Morgan fingerprint density at radius 2 is 2.00 bits per heavy atom. The van der Waals surface area contributed by atoms with Crippen LogP contribution in [0.1, 0.15) is 32.1 Å². The van der Waals surface area contributed by atoms with Crippen LogP contribution >= 0.6 is 0 Å². The molecule has 0 heterocycles. The van der Waals surface area contributed by atoms with Crippen LogP contribution in [0.3, 0.4) is 0 Å². The first-order chi connectivity index (χ1) is 5.43. The Bertz CT molecular complexity index is 112. The van der Waals surface area contributed by atoms with E-state index in [0.717, 1.165) is 12.5 Å². The van der Waals surface area contributed by atoms with E-state index in [4.69, 9.17) is 4.74 Å². The lowest BCUT2D eigenvalue weighted by molar-refractivity contribution is 0.233. The molecule has 64 valence electrons. The second-order valence-corrected chi connectivity index (χ2v) is 3.28. The second kappa shape index (κ2) is 5.36. The standard InChI is InChI=1S/C10H18O/c1-11-9-5-8-10-6-3-2-4-7-10/h5,8,10H,2-4,6-7,9H2,1H3. The molecule has 1 heteroatoms. The largest absolute Gasteiger partial charge is 0.381 e. The summed E-state index contributed by atoms with van der Waals surface area (Å²) in [5.74, 6) is 0.846. The van der Waals surface area contributed by atoms with Gasteiger partial charge in [-0.2, -0.15) is 0 Å². The van der Waals surface area contributed by atoms with Crippen molar-refractivity contribution in [3.8, 4) is 0 Å². The Balaban J connectivity index is 2.13. The van der Waals surface area contributed by atoms with Crippen LogP contribution in [0.5, 0.6) is 0 Å². The summed E-state index contributed by atoms with van der Waals surface area (Å²) in [5, 5.41) is 0. The molecular formula is C10H18O. The van der Waals surface area contributed by atoms with Gasteiger partial charge in [-0.3, -0.25) is 0 Å². The molecular weight excluding hydrogens is 136 g/mol. The summed E-state index contributed by atoms with van der Waals surface area (Å²) in [7, 11) is 1.74. The summed E-state index contributed by atoms with van der Waals surface area (Å²) < 4.78 is 4.95. The maximum atomic E-state index is 4.95. The van der Waals surface area contributed by atoms with E-state index in [1.54, 1.807) is 7.11 Å². The van der Waals surface area contributed by atoms with Crippen molar-refractivity contribution in [2.45, 2.75) is 32.1 Å². The highest BCUT2D eigenvalue weighted by Crippen LogP contribution is 2.24. The molecule has 0 radical (unpaired) electrons. The molecule has 0 atom stereocenters. The van der Waals surface area contributed by atoms with Crippen molar-refractivity contribution in [1.82, 2.24) is 0 Å². The molecule has 0 aromatic carbocycles. The van der Waals surface area contributed by atoms with Crippen LogP contribution in [0, 0.1) is 5.92 Å². The third-order valence-electron chi connectivity index (χ3n) is 2.32. The van der Waals surface area contributed by atoms with Gasteiger partial charge in [-0.15, -0.1) is 0 Å². The fraction of sp³-hybridized carbons (Fsp3) is 0.800. The van der Waals surface area contributed by atoms with Crippen LogP contribution in [-0.2, 0) is 4.74 Å². The minimum Gasteiger partial charge on any atom is -0.381 e. The van der Waals surface area contributed by atoms with Crippen molar-refractivity contribution in [3.05, 3.63) is 12.2 Å². The van der Waals surface area contributed by atoms with E-state index in [1.807, 2.05) is 0 Å². The molecule has 0 bridgehead atoms.